The Hall–Kier alpha value is -3.70. The van der Waals surface area contributed by atoms with Gasteiger partial charge in [-0.25, -0.2) is 0 Å². The van der Waals surface area contributed by atoms with Crippen molar-refractivity contribution in [1.82, 2.24) is 20.3 Å². The molecular weight excluding hydrogens is 434 g/mol. The summed E-state index contributed by atoms with van der Waals surface area (Å²) in [6.07, 6.45) is 0.719. The summed E-state index contributed by atoms with van der Waals surface area (Å²) in [5.74, 6) is 1.95. The third kappa shape index (κ3) is 3.22. The molecular formula is C21H17N5O5S. The first-order chi connectivity index (χ1) is 15.7. The molecule has 0 unspecified atom stereocenters. The lowest BCUT2D eigenvalue weighted by molar-refractivity contribution is 0.102. The van der Waals surface area contributed by atoms with E-state index in [0.29, 0.717) is 52.8 Å². The Bertz CT molecular complexity index is 1340. The van der Waals surface area contributed by atoms with Gasteiger partial charge in [0.25, 0.3) is 11.8 Å². The van der Waals surface area contributed by atoms with Crippen molar-refractivity contribution in [3.8, 4) is 34.2 Å². The van der Waals surface area contributed by atoms with Gasteiger partial charge in [0, 0.05) is 10.4 Å². The van der Waals surface area contributed by atoms with E-state index in [1.54, 1.807) is 13.0 Å². The second-order valence-corrected chi connectivity index (χ2v) is 8.45. The molecule has 6 rings (SSSR count). The van der Waals surface area contributed by atoms with E-state index in [-0.39, 0.29) is 12.7 Å². The minimum atomic E-state index is -0.318. The van der Waals surface area contributed by atoms with Gasteiger partial charge in [-0.1, -0.05) is 5.16 Å². The molecule has 1 aromatic carbocycles. The summed E-state index contributed by atoms with van der Waals surface area (Å²) < 4.78 is 21.8. The second kappa shape index (κ2) is 7.46. The van der Waals surface area contributed by atoms with Gasteiger partial charge in [-0.15, -0.1) is 11.3 Å². The van der Waals surface area contributed by atoms with E-state index < -0.39 is 0 Å². The Labute approximate surface area is 185 Å². The van der Waals surface area contributed by atoms with Crippen molar-refractivity contribution in [2.45, 2.75) is 20.0 Å². The van der Waals surface area contributed by atoms with Gasteiger partial charge in [-0.3, -0.25) is 9.89 Å². The molecule has 2 aliphatic rings. The zero-order valence-corrected chi connectivity index (χ0v) is 17.7. The standard InChI is InChI=1S/C21H17N5O5S/c1-10-22-20(31-26-10)18-12-4-5-28-8-17(12)32-21(18)23-19(27)14-7-13(24-25-14)11-2-3-15-16(6-11)30-9-29-15/h2-3,6-7H,4-5,8-9H2,1H3,(H,23,27)(H,24,25). The number of amides is 1. The van der Waals surface area contributed by atoms with E-state index in [4.69, 9.17) is 18.7 Å². The molecule has 0 radical (unpaired) electrons. The van der Waals surface area contributed by atoms with Crippen LogP contribution >= 0.6 is 11.3 Å². The number of hydrogen-bond donors (Lipinski definition) is 2. The average molecular weight is 451 g/mol. The highest BCUT2D eigenvalue weighted by Crippen LogP contribution is 2.42. The highest BCUT2D eigenvalue weighted by molar-refractivity contribution is 7.17. The van der Waals surface area contributed by atoms with Gasteiger partial charge in [0.1, 0.15) is 10.7 Å². The molecule has 0 fully saturated rings. The van der Waals surface area contributed by atoms with Gasteiger partial charge in [-0.05, 0) is 43.2 Å². The number of anilines is 1. The number of rotatable bonds is 4. The highest BCUT2D eigenvalue weighted by atomic mass is 32.1. The van der Waals surface area contributed by atoms with E-state index in [1.807, 2.05) is 18.2 Å². The molecule has 0 aliphatic carbocycles. The van der Waals surface area contributed by atoms with Crippen LogP contribution in [0.25, 0.3) is 22.7 Å². The predicted molar refractivity (Wildman–Crippen MR) is 114 cm³/mol. The fraction of sp³-hybridized carbons (Fsp3) is 0.238. The first-order valence-electron chi connectivity index (χ1n) is 9.95. The monoisotopic (exact) mass is 451 g/mol. The topological polar surface area (TPSA) is 124 Å². The number of fused-ring (bicyclic) bond motifs is 2. The normalized spacial score (nSPS) is 14.4. The van der Waals surface area contributed by atoms with Gasteiger partial charge in [0.15, 0.2) is 17.3 Å². The quantitative estimate of drug-likeness (QED) is 0.483. The van der Waals surface area contributed by atoms with Gasteiger partial charge >= 0.3 is 0 Å². The fourth-order valence-corrected chi connectivity index (χ4v) is 4.93. The van der Waals surface area contributed by atoms with Crippen molar-refractivity contribution in [1.29, 1.82) is 0 Å². The van der Waals surface area contributed by atoms with Crippen molar-refractivity contribution in [3.63, 3.8) is 0 Å². The van der Waals surface area contributed by atoms with Gasteiger partial charge in [0.2, 0.25) is 6.79 Å². The molecule has 2 aliphatic heterocycles. The van der Waals surface area contributed by atoms with Crippen LogP contribution in [0.1, 0.15) is 26.8 Å². The maximum Gasteiger partial charge on any atom is 0.274 e. The molecule has 1 amide bonds. The number of carbonyl (C=O) groups excluding carboxylic acids is 1. The number of aromatic amines is 1. The smallest absolute Gasteiger partial charge is 0.274 e. The van der Waals surface area contributed by atoms with Crippen LogP contribution in [0.3, 0.4) is 0 Å². The van der Waals surface area contributed by atoms with Crippen LogP contribution < -0.4 is 14.8 Å². The van der Waals surface area contributed by atoms with Crippen molar-refractivity contribution in [2.24, 2.45) is 0 Å². The molecule has 4 aromatic rings. The Balaban J connectivity index is 1.30. The Morgan fingerprint density at radius 3 is 3.00 bits per heavy atom. The number of aromatic nitrogens is 4. The van der Waals surface area contributed by atoms with Crippen LogP contribution in [-0.2, 0) is 17.8 Å². The molecule has 0 bridgehead atoms. The number of nitrogens with zero attached hydrogens (tertiary/aromatic N) is 3. The maximum absolute atomic E-state index is 13.0. The van der Waals surface area contributed by atoms with Crippen LogP contribution in [-0.4, -0.2) is 39.6 Å². The lowest BCUT2D eigenvalue weighted by Crippen LogP contribution is -2.12. The van der Waals surface area contributed by atoms with E-state index >= 15 is 0 Å². The number of hydrogen-bond acceptors (Lipinski definition) is 9. The summed E-state index contributed by atoms with van der Waals surface area (Å²) in [6, 6.07) is 7.22. The molecule has 0 spiro atoms. The third-order valence-electron chi connectivity index (χ3n) is 5.28. The Morgan fingerprint density at radius 2 is 2.12 bits per heavy atom. The van der Waals surface area contributed by atoms with Gasteiger partial charge < -0.3 is 24.1 Å². The first-order valence-corrected chi connectivity index (χ1v) is 10.8. The zero-order valence-electron chi connectivity index (χ0n) is 16.9. The number of aryl methyl sites for hydroxylation is 1. The lowest BCUT2D eigenvalue weighted by Gasteiger charge is -2.12. The van der Waals surface area contributed by atoms with Crippen molar-refractivity contribution in [3.05, 3.63) is 46.2 Å². The molecule has 162 valence electrons. The summed E-state index contributed by atoms with van der Waals surface area (Å²) in [5.41, 5.74) is 3.60. The SMILES string of the molecule is Cc1noc(-c2c(NC(=O)c3cc(-c4ccc5c(c4)OCO5)n[nH]3)sc3c2CCOC3)n1. The fourth-order valence-electron chi connectivity index (χ4n) is 3.76. The minimum absolute atomic E-state index is 0.199. The Morgan fingerprint density at radius 1 is 1.22 bits per heavy atom. The number of carbonyl (C=O) groups is 1. The molecule has 3 aromatic heterocycles. The zero-order chi connectivity index (χ0) is 21.7. The van der Waals surface area contributed by atoms with Crippen molar-refractivity contribution < 1.29 is 23.5 Å². The molecule has 0 saturated heterocycles. The third-order valence-corrected chi connectivity index (χ3v) is 6.40. The number of H-pyrrole nitrogens is 1. The number of thiophene rings is 1. The van der Waals surface area contributed by atoms with Crippen molar-refractivity contribution >= 4 is 22.2 Å². The van der Waals surface area contributed by atoms with Crippen LogP contribution in [0.2, 0.25) is 0 Å². The van der Waals surface area contributed by atoms with Crippen LogP contribution in [0.5, 0.6) is 11.5 Å². The molecule has 0 saturated carbocycles. The molecule has 0 atom stereocenters. The predicted octanol–water partition coefficient (Wildman–Crippen LogP) is 3.55. The molecule has 5 heterocycles. The maximum atomic E-state index is 13.0. The number of ether oxygens (including phenoxy) is 3. The summed E-state index contributed by atoms with van der Waals surface area (Å²) >= 11 is 1.46. The second-order valence-electron chi connectivity index (χ2n) is 7.35. The van der Waals surface area contributed by atoms with Gasteiger partial charge in [0.05, 0.1) is 24.5 Å². The van der Waals surface area contributed by atoms with Gasteiger partial charge in [-0.2, -0.15) is 10.1 Å². The van der Waals surface area contributed by atoms with Crippen LogP contribution in [0, 0.1) is 6.92 Å². The lowest BCUT2D eigenvalue weighted by atomic mass is 10.1. The average Bonchev–Trinajstić information content (AvgIpc) is 3.58. The molecule has 10 nitrogen and oxygen atoms in total. The summed E-state index contributed by atoms with van der Waals surface area (Å²) in [4.78, 5) is 18.4. The molecule has 2 N–H and O–H groups in total. The van der Waals surface area contributed by atoms with Crippen LogP contribution in [0.15, 0.2) is 28.8 Å². The highest BCUT2D eigenvalue weighted by Gasteiger charge is 2.27. The van der Waals surface area contributed by atoms with Crippen LogP contribution in [0.4, 0.5) is 5.00 Å². The minimum Gasteiger partial charge on any atom is -0.454 e. The first kappa shape index (κ1) is 19.0. The number of benzene rings is 1. The summed E-state index contributed by atoms with van der Waals surface area (Å²) in [5, 5.41) is 14.6. The summed E-state index contributed by atoms with van der Waals surface area (Å²) in [7, 11) is 0. The number of nitrogens with one attached hydrogen (secondary N) is 2. The largest absolute Gasteiger partial charge is 0.454 e. The molecule has 32 heavy (non-hydrogen) atoms. The van der Waals surface area contributed by atoms with Crippen molar-refractivity contribution in [2.75, 3.05) is 18.7 Å². The van der Waals surface area contributed by atoms with E-state index in [9.17, 15) is 4.79 Å². The molecule has 11 heteroatoms. The van der Waals surface area contributed by atoms with E-state index in [2.05, 4.69) is 25.7 Å². The van der Waals surface area contributed by atoms with E-state index in [0.717, 1.165) is 28.0 Å². The Kier molecular flexibility index (Phi) is 4.44. The van der Waals surface area contributed by atoms with E-state index in [1.165, 1.54) is 11.3 Å². The summed E-state index contributed by atoms with van der Waals surface area (Å²) in [6.45, 7) is 3.06.